The molecule has 2 aromatic rings. The molecule has 0 unspecified atom stereocenters. The number of ether oxygens (including phenoxy) is 1. The number of carbonyl (C=O) groups excluding carboxylic acids is 1. The zero-order valence-corrected chi connectivity index (χ0v) is 14.2. The van der Waals surface area contributed by atoms with Crippen LogP contribution in [0.25, 0.3) is 0 Å². The zero-order chi connectivity index (χ0) is 18.2. The van der Waals surface area contributed by atoms with E-state index in [1.807, 2.05) is 0 Å². The van der Waals surface area contributed by atoms with E-state index in [4.69, 9.17) is 16.3 Å². The summed E-state index contributed by atoms with van der Waals surface area (Å²) >= 11 is 5.90. The largest absolute Gasteiger partial charge is 0.490 e. The van der Waals surface area contributed by atoms with E-state index in [1.165, 1.54) is 24.3 Å². The van der Waals surface area contributed by atoms with Crippen molar-refractivity contribution >= 4 is 33.2 Å². The van der Waals surface area contributed by atoms with Crippen LogP contribution in [0.5, 0.6) is 5.75 Å². The van der Waals surface area contributed by atoms with Crippen LogP contribution in [0.2, 0.25) is 5.02 Å². The molecule has 0 bridgehead atoms. The first-order chi connectivity index (χ1) is 11.8. The van der Waals surface area contributed by atoms with E-state index in [2.05, 4.69) is 0 Å². The Morgan fingerprint density at radius 2 is 1.92 bits per heavy atom. The minimum atomic E-state index is -3.90. The first-order valence-corrected chi connectivity index (χ1v) is 8.87. The van der Waals surface area contributed by atoms with Crippen LogP contribution >= 0.6 is 11.6 Å². The van der Waals surface area contributed by atoms with E-state index in [-0.39, 0.29) is 40.1 Å². The van der Waals surface area contributed by atoms with E-state index >= 15 is 0 Å². The van der Waals surface area contributed by atoms with Crippen molar-refractivity contribution in [2.24, 2.45) is 0 Å². The average molecular weight is 383 g/mol. The Bertz CT molecular complexity index is 976. The maximum absolute atomic E-state index is 12.4. The highest BCUT2D eigenvalue weighted by molar-refractivity contribution is 7.90. The van der Waals surface area contributed by atoms with Gasteiger partial charge in [0.15, 0.2) is 0 Å². The van der Waals surface area contributed by atoms with E-state index in [0.717, 1.165) is 10.4 Å². The molecule has 0 atom stereocenters. The third kappa shape index (κ3) is 3.03. The van der Waals surface area contributed by atoms with Gasteiger partial charge in [-0.15, -0.1) is 0 Å². The van der Waals surface area contributed by atoms with Crippen LogP contribution in [-0.2, 0) is 10.0 Å². The van der Waals surface area contributed by atoms with Gasteiger partial charge < -0.3 is 4.74 Å². The summed E-state index contributed by atoms with van der Waals surface area (Å²) in [6, 6.07) is 9.61. The molecule has 10 heteroatoms. The summed E-state index contributed by atoms with van der Waals surface area (Å²) in [4.78, 5) is 22.3. The number of nitro groups is 1. The molecular weight excluding hydrogens is 372 g/mol. The smallest absolute Gasteiger partial charge is 0.271 e. The third-order valence-corrected chi connectivity index (χ3v) is 5.73. The molecule has 130 valence electrons. The van der Waals surface area contributed by atoms with Gasteiger partial charge in [-0.2, -0.15) is 0 Å². The first kappa shape index (κ1) is 17.2. The van der Waals surface area contributed by atoms with Crippen LogP contribution in [0.1, 0.15) is 10.4 Å². The first-order valence-electron chi connectivity index (χ1n) is 7.05. The number of carbonyl (C=O) groups is 1. The Labute approximate surface area is 147 Å². The van der Waals surface area contributed by atoms with Crippen molar-refractivity contribution in [3.63, 3.8) is 0 Å². The standard InChI is InChI=1S/C15H11ClN2O6S/c16-12-9-10(18(20)21)5-6-13(12)24-8-7-17-15(19)11-3-1-2-4-14(11)25(17,22)23/h1-6,9H,7-8H2. The molecule has 1 aliphatic heterocycles. The Morgan fingerprint density at radius 1 is 1.20 bits per heavy atom. The molecule has 0 fully saturated rings. The fourth-order valence-electron chi connectivity index (χ4n) is 2.41. The molecule has 0 N–H and O–H groups in total. The topological polar surface area (TPSA) is 107 Å². The number of fused-ring (bicyclic) bond motifs is 1. The van der Waals surface area contributed by atoms with Gasteiger partial charge in [0.05, 0.1) is 22.1 Å². The van der Waals surface area contributed by atoms with Crippen molar-refractivity contribution < 1.29 is 22.9 Å². The van der Waals surface area contributed by atoms with Crippen molar-refractivity contribution in [1.29, 1.82) is 0 Å². The van der Waals surface area contributed by atoms with Crippen LogP contribution in [0.3, 0.4) is 0 Å². The van der Waals surface area contributed by atoms with Crippen molar-refractivity contribution in [2.75, 3.05) is 13.2 Å². The molecule has 0 aromatic heterocycles. The fourth-order valence-corrected chi connectivity index (χ4v) is 4.19. The highest BCUT2D eigenvalue weighted by atomic mass is 35.5. The molecule has 2 aromatic carbocycles. The summed E-state index contributed by atoms with van der Waals surface area (Å²) in [6.45, 7) is -0.348. The molecule has 0 radical (unpaired) electrons. The number of nitro benzene ring substituents is 1. The Morgan fingerprint density at radius 3 is 2.56 bits per heavy atom. The molecular formula is C15H11ClN2O6S. The molecule has 0 saturated carbocycles. The van der Waals surface area contributed by atoms with Crippen LogP contribution < -0.4 is 4.74 Å². The van der Waals surface area contributed by atoms with E-state index in [9.17, 15) is 23.3 Å². The number of non-ortho nitro benzene ring substituents is 1. The molecule has 0 saturated heterocycles. The second kappa shape index (κ2) is 6.34. The summed E-state index contributed by atoms with van der Waals surface area (Å²) in [6.07, 6.45) is 0. The van der Waals surface area contributed by atoms with E-state index < -0.39 is 20.9 Å². The van der Waals surface area contributed by atoms with E-state index in [1.54, 1.807) is 12.1 Å². The molecule has 3 rings (SSSR count). The Kier molecular flexibility index (Phi) is 4.36. The van der Waals surface area contributed by atoms with Gasteiger partial charge in [0.2, 0.25) is 0 Å². The summed E-state index contributed by atoms with van der Waals surface area (Å²) in [7, 11) is -3.90. The summed E-state index contributed by atoms with van der Waals surface area (Å²) in [5, 5.41) is 10.7. The number of hydrogen-bond donors (Lipinski definition) is 0. The molecule has 25 heavy (non-hydrogen) atoms. The number of amides is 1. The molecule has 0 aliphatic carbocycles. The van der Waals surface area contributed by atoms with Gasteiger partial charge in [0, 0.05) is 12.1 Å². The molecule has 0 spiro atoms. The van der Waals surface area contributed by atoms with Gasteiger partial charge in [-0.25, -0.2) is 12.7 Å². The summed E-state index contributed by atoms with van der Waals surface area (Å²) < 4.78 is 30.8. The Balaban J connectivity index is 1.71. The molecule has 8 nitrogen and oxygen atoms in total. The van der Waals surface area contributed by atoms with Gasteiger partial charge in [-0.3, -0.25) is 14.9 Å². The lowest BCUT2D eigenvalue weighted by Crippen LogP contribution is -2.33. The van der Waals surface area contributed by atoms with Gasteiger partial charge in [0.25, 0.3) is 21.6 Å². The number of sulfonamides is 1. The van der Waals surface area contributed by atoms with Gasteiger partial charge in [0.1, 0.15) is 17.3 Å². The lowest BCUT2D eigenvalue weighted by molar-refractivity contribution is -0.384. The number of hydrogen-bond acceptors (Lipinski definition) is 6. The monoisotopic (exact) mass is 382 g/mol. The third-order valence-electron chi connectivity index (χ3n) is 3.59. The van der Waals surface area contributed by atoms with Crippen LogP contribution in [-0.4, -0.2) is 36.7 Å². The van der Waals surface area contributed by atoms with Gasteiger partial charge >= 0.3 is 0 Å². The number of nitrogens with zero attached hydrogens (tertiary/aromatic N) is 2. The van der Waals surface area contributed by atoms with Crippen LogP contribution in [0.4, 0.5) is 5.69 Å². The molecule has 1 amide bonds. The van der Waals surface area contributed by atoms with Gasteiger partial charge in [-0.05, 0) is 18.2 Å². The average Bonchev–Trinajstić information content (AvgIpc) is 2.77. The summed E-state index contributed by atoms with van der Waals surface area (Å²) in [5.74, 6) is -0.456. The quantitative estimate of drug-likeness (QED) is 0.580. The van der Waals surface area contributed by atoms with Crippen LogP contribution in [0.15, 0.2) is 47.4 Å². The maximum atomic E-state index is 12.4. The molecule has 1 heterocycles. The Hall–Kier alpha value is -2.65. The lowest BCUT2D eigenvalue weighted by atomic mass is 10.2. The second-order valence-electron chi connectivity index (χ2n) is 5.10. The predicted molar refractivity (Wildman–Crippen MR) is 88.3 cm³/mol. The highest BCUT2D eigenvalue weighted by Gasteiger charge is 2.40. The fraction of sp³-hybridized carbons (Fsp3) is 0.133. The SMILES string of the molecule is O=C1c2ccccc2S(=O)(=O)N1CCOc1ccc([N+](=O)[O-])cc1Cl. The number of benzene rings is 2. The predicted octanol–water partition coefficient (Wildman–Crippen LogP) is 2.47. The lowest BCUT2D eigenvalue weighted by Gasteiger charge is -2.15. The van der Waals surface area contributed by atoms with Crippen molar-refractivity contribution in [2.45, 2.75) is 4.90 Å². The van der Waals surface area contributed by atoms with Gasteiger partial charge in [-0.1, -0.05) is 23.7 Å². The van der Waals surface area contributed by atoms with E-state index in [0.29, 0.717) is 0 Å². The second-order valence-corrected chi connectivity index (χ2v) is 7.34. The minimum Gasteiger partial charge on any atom is -0.490 e. The minimum absolute atomic E-state index is 0.0214. The maximum Gasteiger partial charge on any atom is 0.271 e. The highest BCUT2D eigenvalue weighted by Crippen LogP contribution is 2.31. The normalized spacial score (nSPS) is 15.1. The van der Waals surface area contributed by atoms with Crippen molar-refractivity contribution in [1.82, 2.24) is 4.31 Å². The zero-order valence-electron chi connectivity index (χ0n) is 12.6. The van der Waals surface area contributed by atoms with Crippen molar-refractivity contribution in [3.8, 4) is 5.75 Å². The summed E-state index contributed by atoms with van der Waals surface area (Å²) in [5.41, 5.74) is -0.0685. The van der Waals surface area contributed by atoms with Crippen LogP contribution in [0, 0.1) is 10.1 Å². The number of rotatable bonds is 5. The number of halogens is 1. The van der Waals surface area contributed by atoms with Crippen molar-refractivity contribution in [3.05, 3.63) is 63.2 Å². The molecule has 1 aliphatic rings.